The van der Waals surface area contributed by atoms with Crippen LogP contribution in [0.4, 0.5) is 4.79 Å². The van der Waals surface area contributed by atoms with Gasteiger partial charge in [-0.2, -0.15) is 0 Å². The van der Waals surface area contributed by atoms with Crippen molar-refractivity contribution in [3.63, 3.8) is 0 Å². The fourth-order valence-electron chi connectivity index (χ4n) is 2.95. The maximum Gasteiger partial charge on any atom is 0.408 e. The molecule has 1 aromatic carbocycles. The first-order valence-electron chi connectivity index (χ1n) is 8.69. The summed E-state index contributed by atoms with van der Waals surface area (Å²) in [5.74, 6) is -0.406. The van der Waals surface area contributed by atoms with Gasteiger partial charge in [0, 0.05) is 19.6 Å². The van der Waals surface area contributed by atoms with E-state index >= 15 is 0 Å². The van der Waals surface area contributed by atoms with Gasteiger partial charge < -0.3 is 14.8 Å². The van der Waals surface area contributed by atoms with Crippen molar-refractivity contribution in [2.45, 2.75) is 51.8 Å². The topological polar surface area (TPSA) is 67.9 Å². The van der Waals surface area contributed by atoms with Gasteiger partial charge in [0.2, 0.25) is 0 Å². The number of hydrogen-bond acceptors (Lipinski definition) is 5. The Bertz CT molecular complexity index is 597. The molecule has 0 saturated carbocycles. The number of carbonyl (C=O) groups is 2. The van der Waals surface area contributed by atoms with Crippen LogP contribution >= 0.6 is 0 Å². The van der Waals surface area contributed by atoms with E-state index in [1.54, 1.807) is 27.7 Å². The summed E-state index contributed by atoms with van der Waals surface area (Å²) in [6.45, 7) is 9.23. The van der Waals surface area contributed by atoms with Crippen LogP contribution in [0.15, 0.2) is 30.3 Å². The van der Waals surface area contributed by atoms with Gasteiger partial charge in [-0.05, 0) is 39.7 Å². The smallest absolute Gasteiger partial charge is 0.408 e. The third kappa shape index (κ3) is 5.46. The molecule has 6 heteroatoms. The fourth-order valence-corrected chi connectivity index (χ4v) is 2.95. The summed E-state index contributed by atoms with van der Waals surface area (Å²) in [5.41, 5.74) is -0.519. The summed E-state index contributed by atoms with van der Waals surface area (Å²) in [6.07, 6.45) is -0.0973. The van der Waals surface area contributed by atoms with Crippen LogP contribution in [0.1, 0.15) is 39.7 Å². The van der Waals surface area contributed by atoms with E-state index in [9.17, 15) is 9.59 Å². The van der Waals surface area contributed by atoms with Crippen LogP contribution in [0.3, 0.4) is 0 Å². The molecule has 0 unspecified atom stereocenters. The Kier molecular flexibility index (Phi) is 6.06. The van der Waals surface area contributed by atoms with E-state index in [0.29, 0.717) is 19.5 Å². The SMILES string of the molecule is CCOC(=O)[C@]1(NC(=O)OC(C)(C)C)CCN(Cc2ccccc2)C1. The highest BCUT2D eigenvalue weighted by Gasteiger charge is 2.47. The van der Waals surface area contributed by atoms with Crippen molar-refractivity contribution in [3.8, 4) is 0 Å². The van der Waals surface area contributed by atoms with Crippen molar-refractivity contribution in [1.82, 2.24) is 10.2 Å². The van der Waals surface area contributed by atoms with E-state index in [1.807, 2.05) is 30.3 Å². The van der Waals surface area contributed by atoms with Crippen molar-refractivity contribution in [3.05, 3.63) is 35.9 Å². The lowest BCUT2D eigenvalue weighted by Gasteiger charge is -2.30. The number of rotatable bonds is 5. The Morgan fingerprint density at radius 3 is 2.52 bits per heavy atom. The molecular formula is C19H28N2O4. The van der Waals surface area contributed by atoms with Gasteiger partial charge >= 0.3 is 12.1 Å². The minimum Gasteiger partial charge on any atom is -0.464 e. The first-order valence-corrected chi connectivity index (χ1v) is 8.69. The highest BCUT2D eigenvalue weighted by Crippen LogP contribution is 2.25. The van der Waals surface area contributed by atoms with E-state index in [0.717, 1.165) is 6.54 Å². The monoisotopic (exact) mass is 348 g/mol. The summed E-state index contributed by atoms with van der Waals surface area (Å²) in [4.78, 5) is 26.9. The van der Waals surface area contributed by atoms with Gasteiger partial charge in [0.15, 0.2) is 5.54 Å². The number of nitrogens with zero attached hydrogens (tertiary/aromatic N) is 1. The first-order chi connectivity index (χ1) is 11.7. The van der Waals surface area contributed by atoms with Crippen molar-refractivity contribution in [1.29, 1.82) is 0 Å². The van der Waals surface area contributed by atoms with E-state index < -0.39 is 23.2 Å². The van der Waals surface area contributed by atoms with Crippen LogP contribution < -0.4 is 5.32 Å². The molecule has 0 radical (unpaired) electrons. The molecule has 25 heavy (non-hydrogen) atoms. The molecule has 1 fully saturated rings. The summed E-state index contributed by atoms with van der Waals surface area (Å²) < 4.78 is 10.6. The summed E-state index contributed by atoms with van der Waals surface area (Å²) in [7, 11) is 0. The maximum absolute atomic E-state index is 12.5. The Labute approximate surface area is 149 Å². The molecule has 138 valence electrons. The molecule has 1 heterocycles. The third-order valence-electron chi connectivity index (χ3n) is 4.00. The van der Waals surface area contributed by atoms with Crippen LogP contribution in [0.2, 0.25) is 0 Å². The Morgan fingerprint density at radius 2 is 1.92 bits per heavy atom. The molecule has 0 spiro atoms. The van der Waals surface area contributed by atoms with Crippen LogP contribution in [-0.2, 0) is 20.8 Å². The summed E-state index contributed by atoms with van der Waals surface area (Å²) in [5, 5.41) is 2.77. The molecule has 1 amide bonds. The standard InChI is InChI=1S/C19H28N2O4/c1-5-24-16(22)19(20-17(23)25-18(2,3)4)11-12-21(14-19)13-15-9-7-6-8-10-15/h6-10H,5,11-14H2,1-4H3,(H,20,23)/t19-/m0/s1. The second kappa shape index (κ2) is 7.87. The lowest BCUT2D eigenvalue weighted by molar-refractivity contribution is -0.150. The molecule has 1 aliphatic rings. The second-order valence-corrected chi connectivity index (χ2v) is 7.38. The van der Waals surface area contributed by atoms with Gasteiger partial charge in [0.25, 0.3) is 0 Å². The van der Waals surface area contributed by atoms with Crippen LogP contribution in [0.5, 0.6) is 0 Å². The Hall–Kier alpha value is -2.08. The number of likely N-dealkylation sites (tertiary alicyclic amines) is 1. The third-order valence-corrected chi connectivity index (χ3v) is 4.00. The van der Waals surface area contributed by atoms with Crippen molar-refractivity contribution >= 4 is 12.1 Å². The lowest BCUT2D eigenvalue weighted by atomic mass is 9.99. The van der Waals surface area contributed by atoms with Gasteiger partial charge in [-0.3, -0.25) is 4.90 Å². The number of amides is 1. The maximum atomic E-state index is 12.5. The molecule has 1 aliphatic heterocycles. The predicted molar refractivity (Wildman–Crippen MR) is 95.1 cm³/mol. The van der Waals surface area contributed by atoms with Crippen LogP contribution in [0.25, 0.3) is 0 Å². The molecule has 0 aromatic heterocycles. The van der Waals surface area contributed by atoms with Crippen molar-refractivity contribution in [2.75, 3.05) is 19.7 Å². The number of benzene rings is 1. The van der Waals surface area contributed by atoms with Crippen LogP contribution in [-0.4, -0.2) is 47.8 Å². The molecule has 0 bridgehead atoms. The van der Waals surface area contributed by atoms with Crippen molar-refractivity contribution in [2.24, 2.45) is 0 Å². The minimum atomic E-state index is -1.06. The highest BCUT2D eigenvalue weighted by atomic mass is 16.6. The van der Waals surface area contributed by atoms with E-state index in [1.165, 1.54) is 5.56 Å². The Balaban J connectivity index is 2.09. The zero-order valence-corrected chi connectivity index (χ0v) is 15.5. The molecule has 6 nitrogen and oxygen atoms in total. The molecule has 1 saturated heterocycles. The van der Waals surface area contributed by atoms with E-state index in [2.05, 4.69) is 10.2 Å². The van der Waals surface area contributed by atoms with Gasteiger partial charge in [-0.1, -0.05) is 30.3 Å². The zero-order chi connectivity index (χ0) is 18.5. The largest absolute Gasteiger partial charge is 0.464 e. The summed E-state index contributed by atoms with van der Waals surface area (Å²) in [6, 6.07) is 10.0. The number of carbonyl (C=O) groups excluding carboxylic acids is 2. The molecule has 0 aliphatic carbocycles. The van der Waals surface area contributed by atoms with Gasteiger partial charge in [0.05, 0.1) is 6.61 Å². The average Bonchev–Trinajstić information content (AvgIpc) is 2.90. The quantitative estimate of drug-likeness (QED) is 0.829. The lowest BCUT2D eigenvalue weighted by Crippen LogP contribution is -2.57. The van der Waals surface area contributed by atoms with Crippen LogP contribution in [0, 0.1) is 0 Å². The molecule has 1 atom stereocenters. The molecule has 1 aromatic rings. The fraction of sp³-hybridized carbons (Fsp3) is 0.579. The van der Waals surface area contributed by atoms with Gasteiger partial charge in [-0.15, -0.1) is 0 Å². The first kappa shape index (κ1) is 19.2. The Morgan fingerprint density at radius 1 is 1.24 bits per heavy atom. The number of esters is 1. The normalized spacial score (nSPS) is 21.0. The number of hydrogen-bond donors (Lipinski definition) is 1. The number of ether oxygens (including phenoxy) is 2. The van der Waals surface area contributed by atoms with Crippen molar-refractivity contribution < 1.29 is 19.1 Å². The molecular weight excluding hydrogens is 320 g/mol. The number of nitrogens with one attached hydrogen (secondary N) is 1. The molecule has 1 N–H and O–H groups in total. The predicted octanol–water partition coefficient (Wildman–Crippen LogP) is 2.72. The summed E-state index contributed by atoms with van der Waals surface area (Å²) >= 11 is 0. The van der Waals surface area contributed by atoms with E-state index in [-0.39, 0.29) is 6.61 Å². The van der Waals surface area contributed by atoms with Gasteiger partial charge in [-0.25, -0.2) is 9.59 Å². The number of alkyl carbamates (subject to hydrolysis) is 1. The zero-order valence-electron chi connectivity index (χ0n) is 15.5. The average molecular weight is 348 g/mol. The highest BCUT2D eigenvalue weighted by molar-refractivity contribution is 5.86. The second-order valence-electron chi connectivity index (χ2n) is 7.38. The minimum absolute atomic E-state index is 0.273. The molecule has 2 rings (SSSR count). The van der Waals surface area contributed by atoms with Gasteiger partial charge in [0.1, 0.15) is 5.60 Å². The van der Waals surface area contributed by atoms with E-state index in [4.69, 9.17) is 9.47 Å².